The first-order valence-corrected chi connectivity index (χ1v) is 5.73. The summed E-state index contributed by atoms with van der Waals surface area (Å²) in [6.07, 6.45) is -6.97. The Morgan fingerprint density at radius 3 is 1.78 bits per heavy atom. The Kier molecular flexibility index (Phi) is 4.66. The van der Waals surface area contributed by atoms with Crippen LogP contribution in [-0.2, 0) is 4.79 Å². The number of nitrogens with one attached hydrogen (secondary N) is 1. The van der Waals surface area contributed by atoms with Crippen molar-refractivity contribution in [3.8, 4) is 0 Å². The number of hydrogen-bond acceptors (Lipinski definition) is 1. The van der Waals surface area contributed by atoms with Crippen LogP contribution in [0.1, 0.15) is 5.56 Å². The Bertz CT molecular complexity index is 594. The van der Waals surface area contributed by atoms with Gasteiger partial charge in [0.2, 0.25) is 0 Å². The molecule has 0 aliphatic carbocycles. The first-order valence-electron chi connectivity index (χ1n) is 5.73. The molecular weight excluding hydrogens is 345 g/mol. The number of carbonyl (C=O) groups excluding carboxylic acids is 1. The van der Waals surface area contributed by atoms with E-state index >= 15 is 0 Å². The van der Waals surface area contributed by atoms with Gasteiger partial charge in [0.1, 0.15) is 0 Å². The molecule has 11 heteroatoms. The second-order valence-corrected chi connectivity index (χ2v) is 4.49. The highest BCUT2D eigenvalue weighted by molar-refractivity contribution is 5.97. The van der Waals surface area contributed by atoms with E-state index in [2.05, 4.69) is 0 Å². The number of anilines is 1. The number of alkyl halides is 9. The fourth-order valence-corrected chi connectivity index (χ4v) is 1.43. The molecule has 0 aromatic heterocycles. The van der Waals surface area contributed by atoms with Crippen molar-refractivity contribution < 1.29 is 44.3 Å². The first-order chi connectivity index (χ1) is 10.2. The highest BCUT2D eigenvalue weighted by atomic mass is 19.4. The van der Waals surface area contributed by atoms with E-state index in [1.165, 1.54) is 30.4 Å². The molecule has 23 heavy (non-hydrogen) atoms. The van der Waals surface area contributed by atoms with Crippen LogP contribution in [0.5, 0.6) is 0 Å². The molecule has 0 aliphatic heterocycles. The molecule has 1 rings (SSSR count). The van der Waals surface area contributed by atoms with E-state index in [9.17, 15) is 44.3 Å². The SMILES string of the molecule is Cc1ccccc1NC(=O)C(F)(F)C(F)(F)C(F)(F)C(F)(F)F. The summed E-state index contributed by atoms with van der Waals surface area (Å²) < 4.78 is 114. The number of hydrogen-bond donors (Lipinski definition) is 1. The van der Waals surface area contributed by atoms with Crippen LogP contribution in [0.3, 0.4) is 0 Å². The normalized spacial score (nSPS) is 13.8. The van der Waals surface area contributed by atoms with E-state index in [1.807, 2.05) is 0 Å². The van der Waals surface area contributed by atoms with E-state index in [4.69, 9.17) is 0 Å². The summed E-state index contributed by atoms with van der Waals surface area (Å²) in [4.78, 5) is 11.2. The number of carbonyl (C=O) groups is 1. The summed E-state index contributed by atoms with van der Waals surface area (Å²) in [5.74, 6) is -23.4. The van der Waals surface area contributed by atoms with Gasteiger partial charge in [0.15, 0.2) is 0 Å². The number of aryl methyl sites for hydroxylation is 1. The third-order valence-electron chi connectivity index (χ3n) is 2.82. The lowest BCUT2D eigenvalue weighted by Crippen LogP contribution is -2.64. The molecule has 0 unspecified atom stereocenters. The molecule has 0 saturated carbocycles. The van der Waals surface area contributed by atoms with Crippen molar-refractivity contribution in [3.63, 3.8) is 0 Å². The second-order valence-electron chi connectivity index (χ2n) is 4.49. The molecule has 1 aromatic carbocycles. The van der Waals surface area contributed by atoms with Crippen LogP contribution in [0.15, 0.2) is 24.3 Å². The van der Waals surface area contributed by atoms with Gasteiger partial charge in [-0.25, -0.2) is 0 Å². The Labute approximate surface area is 123 Å². The van der Waals surface area contributed by atoms with Gasteiger partial charge in [-0.3, -0.25) is 4.79 Å². The molecule has 1 amide bonds. The van der Waals surface area contributed by atoms with Gasteiger partial charge in [-0.1, -0.05) is 18.2 Å². The van der Waals surface area contributed by atoms with Crippen molar-refractivity contribution in [1.29, 1.82) is 0 Å². The first kappa shape index (κ1) is 19.1. The second kappa shape index (κ2) is 5.60. The van der Waals surface area contributed by atoms with Crippen molar-refractivity contribution in [2.75, 3.05) is 5.32 Å². The van der Waals surface area contributed by atoms with Crippen LogP contribution in [-0.4, -0.2) is 29.9 Å². The van der Waals surface area contributed by atoms with Gasteiger partial charge in [0, 0.05) is 5.69 Å². The quantitative estimate of drug-likeness (QED) is 0.799. The minimum absolute atomic E-state index is 0.0996. The number of para-hydroxylation sites is 1. The molecule has 0 spiro atoms. The Hall–Kier alpha value is -1.94. The van der Waals surface area contributed by atoms with Crippen LogP contribution < -0.4 is 5.32 Å². The zero-order valence-electron chi connectivity index (χ0n) is 11.1. The van der Waals surface area contributed by atoms with E-state index in [0.717, 1.165) is 6.07 Å². The molecule has 130 valence electrons. The average molecular weight is 353 g/mol. The third kappa shape index (κ3) is 3.08. The largest absolute Gasteiger partial charge is 0.460 e. The van der Waals surface area contributed by atoms with Crippen LogP contribution >= 0.6 is 0 Å². The molecule has 1 aromatic rings. The molecule has 0 bridgehead atoms. The highest BCUT2D eigenvalue weighted by Crippen LogP contribution is 2.53. The van der Waals surface area contributed by atoms with Crippen molar-refractivity contribution >= 4 is 11.6 Å². The summed E-state index contributed by atoms with van der Waals surface area (Å²) in [7, 11) is 0. The number of rotatable bonds is 4. The molecule has 0 fully saturated rings. The van der Waals surface area contributed by atoms with Crippen molar-refractivity contribution in [1.82, 2.24) is 0 Å². The molecule has 0 aliphatic rings. The maximum atomic E-state index is 13.3. The van der Waals surface area contributed by atoms with Crippen molar-refractivity contribution in [3.05, 3.63) is 29.8 Å². The van der Waals surface area contributed by atoms with Gasteiger partial charge in [-0.15, -0.1) is 0 Å². The average Bonchev–Trinajstić information content (AvgIpc) is 2.39. The van der Waals surface area contributed by atoms with E-state index in [0.29, 0.717) is 0 Å². The fourth-order valence-electron chi connectivity index (χ4n) is 1.43. The fraction of sp³-hybridized carbons (Fsp3) is 0.417. The number of halogens is 9. The number of benzene rings is 1. The molecule has 0 heterocycles. The molecule has 0 radical (unpaired) electrons. The topological polar surface area (TPSA) is 29.1 Å². The standard InChI is InChI=1S/C12H8F9NO/c1-6-4-2-3-5-7(6)22-8(23)9(13,14)10(15,16)11(17,18)12(19,20)21/h2-5H,1H3,(H,22,23). The smallest absolute Gasteiger partial charge is 0.320 e. The van der Waals surface area contributed by atoms with Crippen LogP contribution in [0.25, 0.3) is 0 Å². The van der Waals surface area contributed by atoms with Crippen molar-refractivity contribution in [2.24, 2.45) is 0 Å². The van der Waals surface area contributed by atoms with Gasteiger partial charge >= 0.3 is 29.9 Å². The minimum atomic E-state index is -7.10. The summed E-state index contributed by atoms with van der Waals surface area (Å²) in [5.41, 5.74) is -0.342. The molecule has 0 atom stereocenters. The lowest BCUT2D eigenvalue weighted by atomic mass is 10.0. The monoisotopic (exact) mass is 353 g/mol. The lowest BCUT2D eigenvalue weighted by Gasteiger charge is -2.32. The van der Waals surface area contributed by atoms with E-state index in [-0.39, 0.29) is 5.56 Å². The Balaban J connectivity index is 3.19. The summed E-state index contributed by atoms with van der Waals surface area (Å²) in [5, 5.41) is 1.21. The molecule has 1 N–H and O–H groups in total. The Morgan fingerprint density at radius 1 is 0.870 bits per heavy atom. The molecule has 2 nitrogen and oxygen atoms in total. The van der Waals surface area contributed by atoms with E-state index in [1.54, 1.807) is 0 Å². The van der Waals surface area contributed by atoms with Gasteiger partial charge in [-0.05, 0) is 18.6 Å². The van der Waals surface area contributed by atoms with Crippen LogP contribution in [0.4, 0.5) is 45.2 Å². The highest BCUT2D eigenvalue weighted by Gasteiger charge is 2.83. The molecular formula is C12H8F9NO. The van der Waals surface area contributed by atoms with Gasteiger partial charge in [-0.2, -0.15) is 39.5 Å². The van der Waals surface area contributed by atoms with Gasteiger partial charge in [0.05, 0.1) is 0 Å². The maximum Gasteiger partial charge on any atom is 0.460 e. The van der Waals surface area contributed by atoms with Gasteiger partial charge < -0.3 is 5.32 Å². The Morgan fingerprint density at radius 2 is 1.35 bits per heavy atom. The predicted molar refractivity (Wildman–Crippen MR) is 60.7 cm³/mol. The van der Waals surface area contributed by atoms with Gasteiger partial charge in [0.25, 0.3) is 0 Å². The van der Waals surface area contributed by atoms with E-state index < -0.39 is 35.5 Å². The molecule has 0 saturated heterocycles. The summed E-state index contributed by atoms with van der Waals surface area (Å²) in [6.45, 7) is 1.26. The minimum Gasteiger partial charge on any atom is -0.320 e. The summed E-state index contributed by atoms with van der Waals surface area (Å²) >= 11 is 0. The maximum absolute atomic E-state index is 13.3. The zero-order chi connectivity index (χ0) is 18.3. The zero-order valence-corrected chi connectivity index (χ0v) is 11.1. The predicted octanol–water partition coefficient (Wildman–Crippen LogP) is 4.40. The van der Waals surface area contributed by atoms with Crippen LogP contribution in [0, 0.1) is 6.92 Å². The van der Waals surface area contributed by atoms with Crippen molar-refractivity contribution in [2.45, 2.75) is 30.9 Å². The number of amides is 1. The summed E-state index contributed by atoms with van der Waals surface area (Å²) in [6, 6.07) is 4.82. The third-order valence-corrected chi connectivity index (χ3v) is 2.82. The van der Waals surface area contributed by atoms with Crippen LogP contribution in [0.2, 0.25) is 0 Å². The lowest BCUT2D eigenvalue weighted by molar-refractivity contribution is -0.388.